The predicted octanol–water partition coefficient (Wildman–Crippen LogP) is 1.16. The van der Waals surface area contributed by atoms with Crippen LogP contribution in [-0.2, 0) is 4.79 Å². The summed E-state index contributed by atoms with van der Waals surface area (Å²) in [7, 11) is 0. The number of hydrogen-bond acceptors (Lipinski definition) is 4. The number of amides is 2. The summed E-state index contributed by atoms with van der Waals surface area (Å²) >= 11 is 1.38. The Labute approximate surface area is 108 Å². The standard InChI is InChI=1S/C12H13N3O2S/c16-8-13-6-3-7-14-11(17)12-15-9-4-1-2-5-10(9)18-12/h1-2,4-5,8H,3,6-7H2,(H,13,16)(H,14,17). The summed E-state index contributed by atoms with van der Waals surface area (Å²) in [4.78, 5) is 26.1. The zero-order valence-electron chi connectivity index (χ0n) is 9.68. The Kier molecular flexibility index (Phi) is 4.25. The van der Waals surface area contributed by atoms with Gasteiger partial charge in [-0.25, -0.2) is 4.98 Å². The fourth-order valence-electron chi connectivity index (χ4n) is 1.50. The van der Waals surface area contributed by atoms with Gasteiger partial charge >= 0.3 is 0 Å². The quantitative estimate of drug-likeness (QED) is 0.607. The van der Waals surface area contributed by atoms with Crippen molar-refractivity contribution in [1.29, 1.82) is 0 Å². The predicted molar refractivity (Wildman–Crippen MR) is 70.6 cm³/mol. The van der Waals surface area contributed by atoms with Gasteiger partial charge < -0.3 is 10.6 Å². The first-order chi connectivity index (χ1) is 8.81. The van der Waals surface area contributed by atoms with E-state index in [-0.39, 0.29) is 5.91 Å². The fraction of sp³-hybridized carbons (Fsp3) is 0.250. The highest BCUT2D eigenvalue weighted by Gasteiger charge is 2.10. The van der Waals surface area contributed by atoms with E-state index in [0.29, 0.717) is 30.9 Å². The van der Waals surface area contributed by atoms with Gasteiger partial charge in [0.05, 0.1) is 10.2 Å². The van der Waals surface area contributed by atoms with Crippen molar-refractivity contribution < 1.29 is 9.59 Å². The average Bonchev–Trinajstić information content (AvgIpc) is 2.82. The lowest BCUT2D eigenvalue weighted by Crippen LogP contribution is -2.26. The summed E-state index contributed by atoms with van der Waals surface area (Å²) < 4.78 is 1.00. The molecule has 0 atom stereocenters. The number of para-hydroxylation sites is 1. The molecule has 18 heavy (non-hydrogen) atoms. The lowest BCUT2D eigenvalue weighted by molar-refractivity contribution is -0.109. The van der Waals surface area contributed by atoms with Crippen molar-refractivity contribution in [3.05, 3.63) is 29.3 Å². The first-order valence-electron chi connectivity index (χ1n) is 5.62. The van der Waals surface area contributed by atoms with Crippen molar-refractivity contribution in [3.8, 4) is 0 Å². The molecule has 0 aliphatic heterocycles. The normalized spacial score (nSPS) is 10.2. The number of thiazole rings is 1. The zero-order valence-corrected chi connectivity index (χ0v) is 10.5. The number of carbonyl (C=O) groups excluding carboxylic acids is 2. The summed E-state index contributed by atoms with van der Waals surface area (Å²) in [5, 5.41) is 5.78. The van der Waals surface area contributed by atoms with Gasteiger partial charge in [0.2, 0.25) is 6.41 Å². The maximum atomic E-state index is 11.8. The molecule has 0 spiro atoms. The molecule has 2 N–H and O–H groups in total. The first-order valence-corrected chi connectivity index (χ1v) is 6.43. The summed E-state index contributed by atoms with van der Waals surface area (Å²) in [5.41, 5.74) is 0.843. The number of rotatable bonds is 6. The minimum atomic E-state index is -0.165. The van der Waals surface area contributed by atoms with Gasteiger partial charge in [-0.1, -0.05) is 12.1 Å². The van der Waals surface area contributed by atoms with Crippen molar-refractivity contribution >= 4 is 33.9 Å². The van der Waals surface area contributed by atoms with Gasteiger partial charge in [0, 0.05) is 13.1 Å². The Morgan fingerprint density at radius 3 is 2.94 bits per heavy atom. The average molecular weight is 263 g/mol. The van der Waals surface area contributed by atoms with E-state index in [4.69, 9.17) is 0 Å². The Hall–Kier alpha value is -1.95. The van der Waals surface area contributed by atoms with E-state index in [2.05, 4.69) is 15.6 Å². The lowest BCUT2D eigenvalue weighted by Gasteiger charge is -2.01. The molecule has 0 radical (unpaired) electrons. The highest BCUT2D eigenvalue weighted by Crippen LogP contribution is 2.21. The minimum absolute atomic E-state index is 0.165. The van der Waals surface area contributed by atoms with Crippen LogP contribution < -0.4 is 10.6 Å². The lowest BCUT2D eigenvalue weighted by atomic mass is 10.3. The molecule has 0 aliphatic rings. The van der Waals surface area contributed by atoms with Gasteiger partial charge in [-0.3, -0.25) is 9.59 Å². The van der Waals surface area contributed by atoms with Gasteiger partial charge in [0.25, 0.3) is 5.91 Å². The van der Waals surface area contributed by atoms with E-state index in [0.717, 1.165) is 10.2 Å². The van der Waals surface area contributed by atoms with Crippen LogP contribution in [0.2, 0.25) is 0 Å². The van der Waals surface area contributed by atoms with Crippen LogP contribution in [0.25, 0.3) is 10.2 Å². The number of nitrogens with one attached hydrogen (secondary N) is 2. The van der Waals surface area contributed by atoms with E-state index in [1.54, 1.807) is 0 Å². The Morgan fingerprint density at radius 2 is 2.17 bits per heavy atom. The Morgan fingerprint density at radius 1 is 1.33 bits per heavy atom. The van der Waals surface area contributed by atoms with E-state index < -0.39 is 0 Å². The Bertz CT molecular complexity index is 520. The van der Waals surface area contributed by atoms with Crippen molar-refractivity contribution in [3.63, 3.8) is 0 Å². The second kappa shape index (κ2) is 6.11. The molecule has 6 heteroatoms. The number of carbonyl (C=O) groups is 2. The number of fused-ring (bicyclic) bond motifs is 1. The van der Waals surface area contributed by atoms with E-state index >= 15 is 0 Å². The van der Waals surface area contributed by atoms with Crippen molar-refractivity contribution in [2.24, 2.45) is 0 Å². The topological polar surface area (TPSA) is 71.1 Å². The molecule has 0 unspecified atom stereocenters. The molecule has 2 rings (SSSR count). The van der Waals surface area contributed by atoms with Crippen LogP contribution in [0, 0.1) is 0 Å². The van der Waals surface area contributed by atoms with E-state index in [9.17, 15) is 9.59 Å². The van der Waals surface area contributed by atoms with Gasteiger partial charge in [0.15, 0.2) is 5.01 Å². The minimum Gasteiger partial charge on any atom is -0.359 e. The number of nitrogens with zero attached hydrogens (tertiary/aromatic N) is 1. The third-order valence-electron chi connectivity index (χ3n) is 2.35. The van der Waals surface area contributed by atoms with Crippen LogP contribution in [0.5, 0.6) is 0 Å². The van der Waals surface area contributed by atoms with Crippen LogP contribution in [0.1, 0.15) is 16.2 Å². The monoisotopic (exact) mass is 263 g/mol. The number of benzene rings is 1. The van der Waals surface area contributed by atoms with Crippen LogP contribution in [-0.4, -0.2) is 30.4 Å². The molecule has 1 heterocycles. The molecule has 2 amide bonds. The molecular weight excluding hydrogens is 250 g/mol. The molecule has 0 aliphatic carbocycles. The second-order valence-corrected chi connectivity index (χ2v) is 4.70. The molecule has 0 bridgehead atoms. The third-order valence-corrected chi connectivity index (χ3v) is 3.39. The molecule has 5 nitrogen and oxygen atoms in total. The molecule has 1 aromatic carbocycles. The Balaban J connectivity index is 1.90. The van der Waals surface area contributed by atoms with Crippen LogP contribution in [0.15, 0.2) is 24.3 Å². The molecule has 1 aromatic heterocycles. The van der Waals surface area contributed by atoms with E-state index in [1.165, 1.54) is 11.3 Å². The number of aromatic nitrogens is 1. The molecule has 0 saturated heterocycles. The molecule has 94 valence electrons. The molecule has 0 saturated carbocycles. The van der Waals surface area contributed by atoms with Crippen LogP contribution in [0.4, 0.5) is 0 Å². The summed E-state index contributed by atoms with van der Waals surface area (Å²) in [6, 6.07) is 7.65. The SMILES string of the molecule is O=CNCCCNC(=O)c1nc2ccccc2s1. The van der Waals surface area contributed by atoms with Crippen LogP contribution in [0.3, 0.4) is 0 Å². The summed E-state index contributed by atoms with van der Waals surface area (Å²) in [6.07, 6.45) is 1.35. The van der Waals surface area contributed by atoms with Crippen molar-refractivity contribution in [1.82, 2.24) is 15.6 Å². The highest BCUT2D eigenvalue weighted by molar-refractivity contribution is 7.20. The molecule has 0 fully saturated rings. The zero-order chi connectivity index (χ0) is 12.8. The third kappa shape index (κ3) is 3.04. The van der Waals surface area contributed by atoms with Gasteiger partial charge in [-0.2, -0.15) is 0 Å². The van der Waals surface area contributed by atoms with Crippen molar-refractivity contribution in [2.75, 3.05) is 13.1 Å². The van der Waals surface area contributed by atoms with Gasteiger partial charge in [-0.05, 0) is 18.6 Å². The van der Waals surface area contributed by atoms with Crippen molar-refractivity contribution in [2.45, 2.75) is 6.42 Å². The second-order valence-electron chi connectivity index (χ2n) is 3.67. The highest BCUT2D eigenvalue weighted by atomic mass is 32.1. The molecular formula is C12H13N3O2S. The molecule has 2 aromatic rings. The fourth-order valence-corrected chi connectivity index (χ4v) is 2.38. The summed E-state index contributed by atoms with van der Waals surface area (Å²) in [5.74, 6) is -0.165. The first kappa shape index (κ1) is 12.5. The largest absolute Gasteiger partial charge is 0.359 e. The van der Waals surface area contributed by atoms with E-state index in [1.807, 2.05) is 24.3 Å². The number of hydrogen-bond donors (Lipinski definition) is 2. The maximum absolute atomic E-state index is 11.8. The maximum Gasteiger partial charge on any atom is 0.280 e. The van der Waals surface area contributed by atoms with Gasteiger partial charge in [-0.15, -0.1) is 11.3 Å². The smallest absolute Gasteiger partial charge is 0.280 e. The van der Waals surface area contributed by atoms with Gasteiger partial charge in [0.1, 0.15) is 0 Å². The van der Waals surface area contributed by atoms with Crippen LogP contribution >= 0.6 is 11.3 Å². The summed E-state index contributed by atoms with van der Waals surface area (Å²) in [6.45, 7) is 1.08.